The van der Waals surface area contributed by atoms with E-state index in [0.717, 1.165) is 0 Å². The highest BCUT2D eigenvalue weighted by Crippen LogP contribution is 2.17. The first-order valence-electron chi connectivity index (χ1n) is 5.36. The van der Waals surface area contributed by atoms with E-state index in [9.17, 15) is 9.59 Å². The number of carbonyl (C=O) groups is 2. The topological polar surface area (TPSA) is 78.9 Å². The van der Waals surface area contributed by atoms with Gasteiger partial charge in [-0.05, 0) is 26.2 Å². The second-order valence-electron chi connectivity index (χ2n) is 4.00. The molecule has 18 heavy (non-hydrogen) atoms. The van der Waals surface area contributed by atoms with Crippen LogP contribution in [0.1, 0.15) is 0 Å². The van der Waals surface area contributed by atoms with Crippen LogP contribution in [0.5, 0.6) is 5.75 Å². The third kappa shape index (κ3) is 5.31. The molecule has 0 saturated carbocycles. The molecule has 0 atom stereocenters. The standard InChI is InChI=1S/C12H16N2O4/c1-14(2)7-11(15)13-9-4-3-5-10(6-9)18-8-12(16)17/h3-6H,7-8H2,1-2H3,(H,13,15)(H,16,17). The molecule has 98 valence electrons. The van der Waals surface area contributed by atoms with Crippen LogP contribution < -0.4 is 10.1 Å². The van der Waals surface area contributed by atoms with Gasteiger partial charge in [-0.2, -0.15) is 0 Å². The van der Waals surface area contributed by atoms with Crippen molar-refractivity contribution in [2.75, 3.05) is 32.6 Å². The number of amides is 1. The summed E-state index contributed by atoms with van der Waals surface area (Å²) in [6.45, 7) is -0.130. The quantitative estimate of drug-likeness (QED) is 0.777. The highest BCUT2D eigenvalue weighted by molar-refractivity contribution is 5.92. The molecule has 6 nitrogen and oxygen atoms in total. The lowest BCUT2D eigenvalue weighted by Crippen LogP contribution is -2.27. The number of hydrogen-bond acceptors (Lipinski definition) is 4. The minimum Gasteiger partial charge on any atom is -0.482 e. The molecule has 1 amide bonds. The first-order valence-corrected chi connectivity index (χ1v) is 5.36. The Bertz CT molecular complexity index is 432. The Morgan fingerprint density at radius 3 is 2.72 bits per heavy atom. The summed E-state index contributed by atoms with van der Waals surface area (Å²) in [7, 11) is 3.60. The van der Waals surface area contributed by atoms with E-state index in [0.29, 0.717) is 11.4 Å². The number of rotatable bonds is 6. The fourth-order valence-corrected chi connectivity index (χ4v) is 1.30. The number of benzene rings is 1. The van der Waals surface area contributed by atoms with Crippen molar-refractivity contribution in [3.05, 3.63) is 24.3 Å². The number of ether oxygens (including phenoxy) is 1. The minimum atomic E-state index is -1.04. The van der Waals surface area contributed by atoms with E-state index < -0.39 is 12.6 Å². The van der Waals surface area contributed by atoms with Gasteiger partial charge in [-0.3, -0.25) is 4.79 Å². The molecule has 0 aliphatic heterocycles. The van der Waals surface area contributed by atoms with Gasteiger partial charge in [0.1, 0.15) is 5.75 Å². The van der Waals surface area contributed by atoms with Gasteiger partial charge in [-0.25, -0.2) is 4.79 Å². The molecule has 1 aromatic rings. The average Bonchev–Trinajstić information content (AvgIpc) is 2.25. The second kappa shape index (κ2) is 6.61. The van der Waals surface area contributed by atoms with Crippen LogP contribution in [0.25, 0.3) is 0 Å². The van der Waals surface area contributed by atoms with Crippen molar-refractivity contribution >= 4 is 17.6 Å². The average molecular weight is 252 g/mol. The van der Waals surface area contributed by atoms with Crippen molar-refractivity contribution in [1.82, 2.24) is 4.90 Å². The largest absolute Gasteiger partial charge is 0.482 e. The third-order valence-corrected chi connectivity index (χ3v) is 1.94. The number of carboxylic acid groups (broad SMARTS) is 1. The molecule has 2 N–H and O–H groups in total. The molecule has 0 radical (unpaired) electrons. The highest BCUT2D eigenvalue weighted by atomic mass is 16.5. The first-order chi connectivity index (χ1) is 8.47. The molecule has 6 heteroatoms. The van der Waals surface area contributed by atoms with E-state index in [1.165, 1.54) is 0 Å². The number of anilines is 1. The number of hydrogen-bond donors (Lipinski definition) is 2. The normalized spacial score (nSPS) is 10.2. The molecule has 0 aliphatic rings. The van der Waals surface area contributed by atoms with Gasteiger partial charge in [0, 0.05) is 11.8 Å². The minimum absolute atomic E-state index is 0.143. The smallest absolute Gasteiger partial charge is 0.341 e. The van der Waals surface area contributed by atoms with Crippen molar-refractivity contribution in [1.29, 1.82) is 0 Å². The maximum Gasteiger partial charge on any atom is 0.341 e. The Morgan fingerprint density at radius 2 is 2.11 bits per heavy atom. The molecule has 0 unspecified atom stereocenters. The maximum atomic E-state index is 11.5. The van der Waals surface area contributed by atoms with Gasteiger partial charge in [0.25, 0.3) is 0 Å². The lowest BCUT2D eigenvalue weighted by Gasteiger charge is -2.11. The van der Waals surface area contributed by atoms with Gasteiger partial charge in [0.2, 0.25) is 5.91 Å². The highest BCUT2D eigenvalue weighted by Gasteiger charge is 2.05. The number of carbonyl (C=O) groups excluding carboxylic acids is 1. The molecule has 0 heterocycles. The van der Waals surface area contributed by atoms with Crippen LogP contribution in [-0.2, 0) is 9.59 Å². The van der Waals surface area contributed by atoms with Crippen LogP contribution in [0.3, 0.4) is 0 Å². The van der Waals surface area contributed by atoms with Crippen molar-refractivity contribution in [3.63, 3.8) is 0 Å². The van der Waals surface area contributed by atoms with Gasteiger partial charge >= 0.3 is 5.97 Å². The molecule has 0 bridgehead atoms. The van der Waals surface area contributed by atoms with E-state index in [-0.39, 0.29) is 12.5 Å². The van der Waals surface area contributed by atoms with Crippen molar-refractivity contribution in [2.45, 2.75) is 0 Å². The summed E-state index contributed by atoms with van der Waals surface area (Å²) >= 11 is 0. The van der Waals surface area contributed by atoms with Gasteiger partial charge in [-0.15, -0.1) is 0 Å². The Labute approximate surface area is 105 Å². The summed E-state index contributed by atoms with van der Waals surface area (Å²) in [4.78, 5) is 23.6. The first kappa shape index (κ1) is 14.0. The van der Waals surface area contributed by atoms with E-state index in [1.54, 1.807) is 43.3 Å². The van der Waals surface area contributed by atoms with E-state index in [4.69, 9.17) is 9.84 Å². The van der Waals surface area contributed by atoms with Crippen LogP contribution in [0.2, 0.25) is 0 Å². The number of likely N-dealkylation sites (N-methyl/N-ethyl adjacent to an activating group) is 1. The lowest BCUT2D eigenvalue weighted by atomic mass is 10.3. The summed E-state index contributed by atoms with van der Waals surface area (Å²) < 4.78 is 5.01. The van der Waals surface area contributed by atoms with Gasteiger partial charge in [0.15, 0.2) is 6.61 Å². The zero-order valence-electron chi connectivity index (χ0n) is 10.3. The molecular formula is C12H16N2O4. The van der Waals surface area contributed by atoms with Crippen LogP contribution in [0.15, 0.2) is 24.3 Å². The number of nitrogens with zero attached hydrogens (tertiary/aromatic N) is 1. The van der Waals surface area contributed by atoms with Crippen LogP contribution in [-0.4, -0.2) is 49.1 Å². The summed E-state index contributed by atoms with van der Waals surface area (Å²) in [5, 5.41) is 11.2. The molecule has 1 aromatic carbocycles. The lowest BCUT2D eigenvalue weighted by molar-refractivity contribution is -0.139. The van der Waals surface area contributed by atoms with Crippen LogP contribution in [0.4, 0.5) is 5.69 Å². The van der Waals surface area contributed by atoms with E-state index >= 15 is 0 Å². The van der Waals surface area contributed by atoms with Gasteiger partial charge in [0.05, 0.1) is 6.54 Å². The van der Waals surface area contributed by atoms with E-state index in [2.05, 4.69) is 5.32 Å². The van der Waals surface area contributed by atoms with Crippen LogP contribution >= 0.6 is 0 Å². The van der Waals surface area contributed by atoms with Gasteiger partial charge in [-0.1, -0.05) is 6.07 Å². The van der Waals surface area contributed by atoms with Crippen molar-refractivity contribution in [3.8, 4) is 5.75 Å². The van der Waals surface area contributed by atoms with Crippen LogP contribution in [0, 0.1) is 0 Å². The summed E-state index contributed by atoms with van der Waals surface area (Å²) in [5.41, 5.74) is 0.574. The summed E-state index contributed by atoms with van der Waals surface area (Å²) in [5.74, 6) is -0.785. The fourth-order valence-electron chi connectivity index (χ4n) is 1.30. The number of nitrogens with one attached hydrogen (secondary N) is 1. The molecule has 0 saturated heterocycles. The SMILES string of the molecule is CN(C)CC(=O)Nc1cccc(OCC(=O)O)c1. The number of carboxylic acids is 1. The monoisotopic (exact) mass is 252 g/mol. The molecular weight excluding hydrogens is 236 g/mol. The van der Waals surface area contributed by atoms with Crippen molar-refractivity contribution in [2.24, 2.45) is 0 Å². The molecule has 0 spiro atoms. The Kier molecular flexibility index (Phi) is 5.13. The Balaban J connectivity index is 2.59. The van der Waals surface area contributed by atoms with E-state index in [1.807, 2.05) is 0 Å². The third-order valence-electron chi connectivity index (χ3n) is 1.94. The molecule has 0 aliphatic carbocycles. The van der Waals surface area contributed by atoms with Gasteiger partial charge < -0.3 is 20.1 Å². The predicted octanol–water partition coefficient (Wildman–Crippen LogP) is 0.650. The summed E-state index contributed by atoms with van der Waals surface area (Å²) in [6.07, 6.45) is 0. The second-order valence-corrected chi connectivity index (χ2v) is 4.00. The zero-order valence-corrected chi connectivity index (χ0v) is 10.3. The zero-order chi connectivity index (χ0) is 13.5. The molecule has 0 fully saturated rings. The summed E-state index contributed by atoms with van der Waals surface area (Å²) in [6, 6.07) is 6.60. The fraction of sp³-hybridized carbons (Fsp3) is 0.333. The molecule has 1 rings (SSSR count). The predicted molar refractivity (Wildman–Crippen MR) is 66.8 cm³/mol. The molecule has 0 aromatic heterocycles. The Morgan fingerprint density at radius 1 is 1.39 bits per heavy atom. The number of aliphatic carboxylic acids is 1. The maximum absolute atomic E-state index is 11.5. The van der Waals surface area contributed by atoms with Crippen molar-refractivity contribution < 1.29 is 19.4 Å². The Hall–Kier alpha value is -2.08.